The van der Waals surface area contributed by atoms with Crippen molar-refractivity contribution >= 4 is 35.0 Å². The summed E-state index contributed by atoms with van der Waals surface area (Å²) in [5.41, 5.74) is 1.15. The van der Waals surface area contributed by atoms with Crippen molar-refractivity contribution in [2.24, 2.45) is 0 Å². The Bertz CT molecular complexity index is 913. The summed E-state index contributed by atoms with van der Waals surface area (Å²) in [4.78, 5) is 40.7. The maximum atomic E-state index is 12.8. The molecule has 2 aromatic carbocycles. The maximum Gasteiger partial charge on any atom is 0.266 e. The molecule has 0 saturated carbocycles. The number of carbonyl (C=O) groups is 3. The predicted molar refractivity (Wildman–Crippen MR) is 102 cm³/mol. The molecule has 3 rings (SSSR count). The molecule has 1 heterocycles. The number of anilines is 1. The van der Waals surface area contributed by atoms with Gasteiger partial charge in [0.15, 0.2) is 0 Å². The van der Waals surface area contributed by atoms with Crippen molar-refractivity contribution in [3.8, 4) is 0 Å². The highest BCUT2D eigenvalue weighted by Gasteiger charge is 2.38. The van der Waals surface area contributed by atoms with Crippen molar-refractivity contribution in [3.05, 3.63) is 64.2 Å². The molecule has 6 nitrogen and oxygen atoms in total. The van der Waals surface area contributed by atoms with Crippen LogP contribution in [0, 0.1) is 0 Å². The molecule has 2 aromatic rings. The fourth-order valence-corrected chi connectivity index (χ4v) is 3.21. The fraction of sp³-hybridized carbons (Fsp3) is 0.250. The lowest BCUT2D eigenvalue weighted by molar-refractivity contribution is 0.0778. The highest BCUT2D eigenvalue weighted by Crippen LogP contribution is 2.33. The van der Waals surface area contributed by atoms with Crippen LogP contribution in [0.5, 0.6) is 0 Å². The monoisotopic (exact) mass is 386 g/mol. The van der Waals surface area contributed by atoms with Crippen LogP contribution in [0.25, 0.3) is 0 Å². The standard InChI is InChI=1S/C20H19ClN2O4/c1-22(10-5-11-27-2)18(24)13-8-9-14-15(12-13)20(26)23(19(14)25)17-7-4-3-6-16(17)21/h3-4,6-9,12H,5,10-11H2,1-2H3. The highest BCUT2D eigenvalue weighted by molar-refractivity contribution is 6.39. The Morgan fingerprint density at radius 2 is 1.81 bits per heavy atom. The van der Waals surface area contributed by atoms with E-state index in [0.717, 1.165) is 4.90 Å². The van der Waals surface area contributed by atoms with Crippen molar-refractivity contribution in [2.45, 2.75) is 6.42 Å². The quantitative estimate of drug-likeness (QED) is 0.564. The Kier molecular flexibility index (Phi) is 5.58. The summed E-state index contributed by atoms with van der Waals surface area (Å²) in [6.07, 6.45) is 0.710. The van der Waals surface area contributed by atoms with Crippen LogP contribution in [-0.2, 0) is 4.74 Å². The van der Waals surface area contributed by atoms with Gasteiger partial charge in [-0.05, 0) is 36.8 Å². The van der Waals surface area contributed by atoms with Gasteiger partial charge in [-0.2, -0.15) is 0 Å². The molecule has 0 N–H and O–H groups in total. The van der Waals surface area contributed by atoms with Crippen LogP contribution in [0.1, 0.15) is 37.5 Å². The number of benzene rings is 2. The molecule has 0 saturated heterocycles. The molecular weight excluding hydrogens is 368 g/mol. The predicted octanol–water partition coefficient (Wildman–Crippen LogP) is 3.25. The minimum atomic E-state index is -0.486. The topological polar surface area (TPSA) is 66.9 Å². The molecular formula is C20H19ClN2O4. The van der Waals surface area contributed by atoms with E-state index in [0.29, 0.717) is 35.8 Å². The molecule has 0 aliphatic carbocycles. The first kappa shape index (κ1) is 19.1. The first-order valence-corrected chi connectivity index (χ1v) is 8.85. The molecule has 1 aliphatic heterocycles. The van der Waals surface area contributed by atoms with Crippen molar-refractivity contribution in [1.82, 2.24) is 4.90 Å². The van der Waals surface area contributed by atoms with Gasteiger partial charge in [-0.15, -0.1) is 0 Å². The Hall–Kier alpha value is -2.70. The smallest absolute Gasteiger partial charge is 0.266 e. The van der Waals surface area contributed by atoms with Gasteiger partial charge in [0.05, 0.1) is 21.8 Å². The number of halogens is 1. The lowest BCUT2D eigenvalue weighted by Crippen LogP contribution is -2.29. The zero-order valence-corrected chi connectivity index (χ0v) is 15.8. The fourth-order valence-electron chi connectivity index (χ4n) is 2.99. The highest BCUT2D eigenvalue weighted by atomic mass is 35.5. The number of hydrogen-bond donors (Lipinski definition) is 0. The van der Waals surface area contributed by atoms with Crippen LogP contribution >= 0.6 is 11.6 Å². The van der Waals surface area contributed by atoms with E-state index in [1.54, 1.807) is 49.4 Å². The Morgan fingerprint density at radius 1 is 1.11 bits per heavy atom. The van der Waals surface area contributed by atoms with E-state index >= 15 is 0 Å². The molecule has 1 aliphatic rings. The molecule has 0 fully saturated rings. The van der Waals surface area contributed by atoms with Crippen LogP contribution in [0.4, 0.5) is 5.69 Å². The number of para-hydroxylation sites is 1. The molecule has 7 heteroatoms. The number of amides is 3. The molecule has 3 amide bonds. The summed E-state index contributed by atoms with van der Waals surface area (Å²) in [6.45, 7) is 1.09. The summed E-state index contributed by atoms with van der Waals surface area (Å²) < 4.78 is 4.99. The molecule has 0 bridgehead atoms. The molecule has 0 aromatic heterocycles. The second-order valence-corrected chi connectivity index (χ2v) is 6.64. The van der Waals surface area contributed by atoms with E-state index < -0.39 is 11.8 Å². The summed E-state index contributed by atoms with van der Waals surface area (Å²) in [5.74, 6) is -1.15. The average Bonchev–Trinajstić information content (AvgIpc) is 2.92. The lowest BCUT2D eigenvalue weighted by Gasteiger charge is -2.17. The van der Waals surface area contributed by atoms with Gasteiger partial charge >= 0.3 is 0 Å². The zero-order chi connectivity index (χ0) is 19.6. The number of carbonyl (C=O) groups excluding carboxylic acids is 3. The Labute approximate surface area is 162 Å². The van der Waals surface area contributed by atoms with Gasteiger partial charge in [-0.3, -0.25) is 14.4 Å². The Balaban J connectivity index is 1.88. The van der Waals surface area contributed by atoms with Crippen LogP contribution in [0.2, 0.25) is 5.02 Å². The van der Waals surface area contributed by atoms with Crippen LogP contribution in [-0.4, -0.2) is 49.9 Å². The largest absolute Gasteiger partial charge is 0.385 e. The second kappa shape index (κ2) is 7.90. The van der Waals surface area contributed by atoms with Crippen molar-refractivity contribution in [3.63, 3.8) is 0 Å². The second-order valence-electron chi connectivity index (χ2n) is 6.23. The minimum Gasteiger partial charge on any atom is -0.385 e. The normalized spacial score (nSPS) is 13.1. The number of rotatable bonds is 6. The molecule has 0 unspecified atom stereocenters. The van der Waals surface area contributed by atoms with Crippen molar-refractivity contribution in [2.75, 3.05) is 32.2 Å². The summed E-state index contributed by atoms with van der Waals surface area (Å²) in [5, 5.41) is 0.307. The SMILES string of the molecule is COCCCN(C)C(=O)c1ccc2c(c1)C(=O)N(c1ccccc1Cl)C2=O. The Morgan fingerprint density at radius 3 is 2.52 bits per heavy atom. The lowest BCUT2D eigenvalue weighted by atomic mass is 10.0. The third-order valence-electron chi connectivity index (χ3n) is 4.42. The van der Waals surface area contributed by atoms with Crippen LogP contribution in [0.3, 0.4) is 0 Å². The van der Waals surface area contributed by atoms with E-state index in [2.05, 4.69) is 0 Å². The number of ether oxygens (including phenoxy) is 1. The van der Waals surface area contributed by atoms with E-state index in [-0.39, 0.29) is 17.0 Å². The molecule has 0 atom stereocenters. The minimum absolute atomic E-state index is 0.205. The first-order chi connectivity index (χ1) is 13.0. The molecule has 0 spiro atoms. The number of imide groups is 1. The third kappa shape index (κ3) is 3.59. The van der Waals surface area contributed by atoms with Crippen LogP contribution in [0.15, 0.2) is 42.5 Å². The van der Waals surface area contributed by atoms with Gasteiger partial charge in [0.25, 0.3) is 17.7 Å². The zero-order valence-electron chi connectivity index (χ0n) is 15.1. The van der Waals surface area contributed by atoms with Gasteiger partial charge < -0.3 is 9.64 Å². The summed E-state index contributed by atoms with van der Waals surface area (Å²) >= 11 is 6.14. The number of methoxy groups -OCH3 is 1. The van der Waals surface area contributed by atoms with E-state index in [4.69, 9.17) is 16.3 Å². The number of nitrogens with zero attached hydrogens (tertiary/aromatic N) is 2. The van der Waals surface area contributed by atoms with Gasteiger partial charge in [-0.25, -0.2) is 4.90 Å². The molecule has 0 radical (unpaired) electrons. The molecule has 140 valence electrons. The molecule has 27 heavy (non-hydrogen) atoms. The van der Waals surface area contributed by atoms with E-state index in [1.165, 1.54) is 12.1 Å². The van der Waals surface area contributed by atoms with E-state index in [9.17, 15) is 14.4 Å². The van der Waals surface area contributed by atoms with E-state index in [1.807, 2.05) is 0 Å². The number of fused-ring (bicyclic) bond motifs is 1. The van der Waals surface area contributed by atoms with Crippen molar-refractivity contribution < 1.29 is 19.1 Å². The van der Waals surface area contributed by atoms with Crippen molar-refractivity contribution in [1.29, 1.82) is 0 Å². The average molecular weight is 387 g/mol. The summed E-state index contributed by atoms with van der Waals surface area (Å²) in [7, 11) is 3.30. The van der Waals surface area contributed by atoms with Gasteiger partial charge in [-0.1, -0.05) is 23.7 Å². The first-order valence-electron chi connectivity index (χ1n) is 8.47. The van der Waals surface area contributed by atoms with Gasteiger partial charge in [0.2, 0.25) is 0 Å². The van der Waals surface area contributed by atoms with Gasteiger partial charge in [0.1, 0.15) is 0 Å². The summed E-state index contributed by atoms with van der Waals surface area (Å²) in [6, 6.07) is 11.2. The third-order valence-corrected chi connectivity index (χ3v) is 4.74. The number of hydrogen-bond acceptors (Lipinski definition) is 4. The maximum absolute atomic E-state index is 12.8. The van der Waals surface area contributed by atoms with Crippen LogP contribution < -0.4 is 4.90 Å². The van der Waals surface area contributed by atoms with Gasteiger partial charge in [0, 0.05) is 32.9 Å².